The molecule has 0 heterocycles. The highest BCUT2D eigenvalue weighted by molar-refractivity contribution is 5.89. The number of amides is 2. The molecule has 2 aromatic carbocycles. The van der Waals surface area contributed by atoms with Gasteiger partial charge in [-0.15, -0.1) is 0 Å². The van der Waals surface area contributed by atoms with E-state index in [1.165, 1.54) is 0 Å². The minimum absolute atomic E-state index is 0.0120. The van der Waals surface area contributed by atoms with Crippen LogP contribution >= 0.6 is 0 Å². The number of carbonyl (C=O) groups excluding carboxylic acids is 3. The third-order valence-corrected chi connectivity index (χ3v) is 5.06. The SMILES string of the molecule is CC(C)(C)OC(=O)CC[C@H](NC(=O)OCc1ccccc1)C(=O)N[C@@H](CCc1ccccc1)C(=O)O. The van der Waals surface area contributed by atoms with E-state index < -0.39 is 41.6 Å². The van der Waals surface area contributed by atoms with E-state index in [2.05, 4.69) is 10.6 Å². The van der Waals surface area contributed by atoms with Crippen LogP contribution in [0, 0.1) is 0 Å². The topological polar surface area (TPSA) is 131 Å². The third-order valence-electron chi connectivity index (χ3n) is 5.06. The van der Waals surface area contributed by atoms with Crippen molar-refractivity contribution in [2.45, 2.75) is 70.7 Å². The molecule has 0 saturated carbocycles. The molecule has 0 saturated heterocycles. The summed E-state index contributed by atoms with van der Waals surface area (Å²) in [6.45, 7) is 5.15. The van der Waals surface area contributed by atoms with Gasteiger partial charge in [-0.25, -0.2) is 9.59 Å². The van der Waals surface area contributed by atoms with Crippen molar-refractivity contribution in [2.24, 2.45) is 0 Å². The number of hydrogen-bond acceptors (Lipinski definition) is 6. The molecule has 3 N–H and O–H groups in total. The molecule has 0 spiro atoms. The molecule has 194 valence electrons. The molecule has 0 unspecified atom stereocenters. The number of rotatable bonds is 12. The fourth-order valence-corrected chi connectivity index (χ4v) is 3.32. The van der Waals surface area contributed by atoms with Gasteiger partial charge in [0.1, 0.15) is 24.3 Å². The summed E-state index contributed by atoms with van der Waals surface area (Å²) in [6.07, 6.45) is -0.517. The summed E-state index contributed by atoms with van der Waals surface area (Å²) in [5, 5.41) is 14.5. The summed E-state index contributed by atoms with van der Waals surface area (Å²) in [5.41, 5.74) is 0.985. The van der Waals surface area contributed by atoms with Crippen molar-refractivity contribution < 1.29 is 33.8 Å². The van der Waals surface area contributed by atoms with Gasteiger partial charge in [0.25, 0.3) is 0 Å². The fraction of sp³-hybridized carbons (Fsp3) is 0.407. The molecule has 0 bridgehead atoms. The Morgan fingerprint density at radius 1 is 0.833 bits per heavy atom. The number of esters is 1. The first kappa shape index (κ1) is 28.4. The maximum atomic E-state index is 13.0. The van der Waals surface area contributed by atoms with Crippen LogP contribution in [0.15, 0.2) is 60.7 Å². The number of ether oxygens (including phenoxy) is 2. The minimum Gasteiger partial charge on any atom is -0.480 e. The zero-order chi connectivity index (χ0) is 26.6. The van der Waals surface area contributed by atoms with E-state index in [9.17, 15) is 24.3 Å². The first-order valence-corrected chi connectivity index (χ1v) is 11.8. The van der Waals surface area contributed by atoms with Crippen molar-refractivity contribution in [2.75, 3.05) is 0 Å². The largest absolute Gasteiger partial charge is 0.480 e. The zero-order valence-corrected chi connectivity index (χ0v) is 20.9. The number of carbonyl (C=O) groups is 4. The van der Waals surface area contributed by atoms with Crippen molar-refractivity contribution in [1.82, 2.24) is 10.6 Å². The quantitative estimate of drug-likeness (QED) is 0.381. The summed E-state index contributed by atoms with van der Waals surface area (Å²) in [6, 6.07) is 15.9. The van der Waals surface area contributed by atoms with Gasteiger partial charge in [-0.05, 0) is 51.2 Å². The van der Waals surface area contributed by atoms with Gasteiger partial charge < -0.3 is 25.2 Å². The van der Waals surface area contributed by atoms with E-state index in [0.29, 0.717) is 6.42 Å². The second-order valence-electron chi connectivity index (χ2n) is 9.31. The summed E-state index contributed by atoms with van der Waals surface area (Å²) in [5.74, 6) is -2.47. The summed E-state index contributed by atoms with van der Waals surface area (Å²) in [7, 11) is 0. The molecular formula is C27H34N2O7. The molecule has 0 fully saturated rings. The second-order valence-corrected chi connectivity index (χ2v) is 9.31. The van der Waals surface area contributed by atoms with Crippen LogP contribution in [0.4, 0.5) is 4.79 Å². The monoisotopic (exact) mass is 498 g/mol. The Morgan fingerprint density at radius 2 is 1.42 bits per heavy atom. The van der Waals surface area contributed by atoms with Crippen LogP contribution in [-0.2, 0) is 36.9 Å². The number of nitrogens with one attached hydrogen (secondary N) is 2. The number of benzene rings is 2. The van der Waals surface area contributed by atoms with E-state index in [-0.39, 0.29) is 25.9 Å². The van der Waals surface area contributed by atoms with E-state index >= 15 is 0 Å². The van der Waals surface area contributed by atoms with E-state index in [0.717, 1.165) is 11.1 Å². The molecular weight excluding hydrogens is 464 g/mol. The molecule has 2 rings (SSSR count). The van der Waals surface area contributed by atoms with E-state index in [4.69, 9.17) is 9.47 Å². The predicted molar refractivity (Wildman–Crippen MR) is 133 cm³/mol. The van der Waals surface area contributed by atoms with Crippen LogP contribution < -0.4 is 10.6 Å². The molecule has 0 aliphatic rings. The Balaban J connectivity index is 2.03. The number of hydrogen-bond donors (Lipinski definition) is 3. The molecule has 0 aromatic heterocycles. The summed E-state index contributed by atoms with van der Waals surface area (Å²) >= 11 is 0. The Labute approximate surface area is 211 Å². The maximum Gasteiger partial charge on any atom is 0.408 e. The van der Waals surface area contributed by atoms with Gasteiger partial charge in [-0.3, -0.25) is 9.59 Å². The smallest absolute Gasteiger partial charge is 0.408 e. The highest BCUT2D eigenvalue weighted by Crippen LogP contribution is 2.11. The molecule has 0 aliphatic carbocycles. The highest BCUT2D eigenvalue weighted by atomic mass is 16.6. The van der Waals surface area contributed by atoms with Gasteiger partial charge >= 0.3 is 18.0 Å². The number of aliphatic carboxylic acids is 1. The van der Waals surface area contributed by atoms with Gasteiger partial charge in [-0.1, -0.05) is 60.7 Å². The lowest BCUT2D eigenvalue weighted by Crippen LogP contribution is -2.52. The molecule has 2 amide bonds. The lowest BCUT2D eigenvalue weighted by Gasteiger charge is -2.23. The predicted octanol–water partition coefficient (Wildman–Crippen LogP) is 3.61. The lowest BCUT2D eigenvalue weighted by atomic mass is 10.0. The first-order chi connectivity index (χ1) is 17.0. The van der Waals surface area contributed by atoms with E-state index in [1.807, 2.05) is 36.4 Å². The van der Waals surface area contributed by atoms with Crippen molar-refractivity contribution in [3.8, 4) is 0 Å². The fourth-order valence-electron chi connectivity index (χ4n) is 3.32. The molecule has 0 radical (unpaired) electrons. The minimum atomic E-state index is -1.20. The first-order valence-electron chi connectivity index (χ1n) is 11.8. The van der Waals surface area contributed by atoms with Crippen molar-refractivity contribution in [3.05, 3.63) is 71.8 Å². The van der Waals surface area contributed by atoms with Gasteiger partial charge in [0.05, 0.1) is 0 Å². The van der Waals surface area contributed by atoms with Gasteiger partial charge in [-0.2, -0.15) is 0 Å². The summed E-state index contributed by atoms with van der Waals surface area (Å²) < 4.78 is 10.5. The van der Waals surface area contributed by atoms with Crippen molar-refractivity contribution >= 4 is 23.9 Å². The average molecular weight is 499 g/mol. The van der Waals surface area contributed by atoms with Gasteiger partial charge in [0.15, 0.2) is 0 Å². The molecule has 2 aromatic rings. The Hall–Kier alpha value is -3.88. The van der Waals surface area contributed by atoms with Crippen LogP contribution in [-0.4, -0.2) is 46.7 Å². The Bertz CT molecular complexity index is 1000. The molecule has 36 heavy (non-hydrogen) atoms. The zero-order valence-electron chi connectivity index (χ0n) is 20.9. The number of carboxylic acids is 1. The average Bonchev–Trinajstić information content (AvgIpc) is 2.83. The van der Waals surface area contributed by atoms with Crippen LogP contribution in [0.5, 0.6) is 0 Å². The number of carboxylic acid groups (broad SMARTS) is 1. The molecule has 9 heteroatoms. The highest BCUT2D eigenvalue weighted by Gasteiger charge is 2.28. The van der Waals surface area contributed by atoms with Gasteiger partial charge in [0, 0.05) is 6.42 Å². The van der Waals surface area contributed by atoms with Crippen LogP contribution in [0.2, 0.25) is 0 Å². The number of alkyl carbamates (subject to hydrolysis) is 1. The summed E-state index contributed by atoms with van der Waals surface area (Å²) in [4.78, 5) is 49.3. The van der Waals surface area contributed by atoms with Crippen molar-refractivity contribution in [1.29, 1.82) is 0 Å². The Morgan fingerprint density at radius 3 is 1.97 bits per heavy atom. The van der Waals surface area contributed by atoms with Crippen LogP contribution in [0.1, 0.15) is 51.2 Å². The van der Waals surface area contributed by atoms with Crippen LogP contribution in [0.25, 0.3) is 0 Å². The van der Waals surface area contributed by atoms with Crippen LogP contribution in [0.3, 0.4) is 0 Å². The second kappa shape index (κ2) is 13.9. The maximum absolute atomic E-state index is 13.0. The molecule has 2 atom stereocenters. The number of aryl methyl sites for hydroxylation is 1. The molecule has 9 nitrogen and oxygen atoms in total. The van der Waals surface area contributed by atoms with E-state index in [1.54, 1.807) is 45.0 Å². The standard InChI is InChI=1S/C27H34N2O7/c1-27(2,3)36-23(30)17-16-21(29-26(34)35-18-20-12-8-5-9-13-20)24(31)28-22(25(32)33)15-14-19-10-6-4-7-11-19/h4-13,21-22H,14-18H2,1-3H3,(H,28,31)(H,29,34)(H,32,33)/t21-,22-/m0/s1. The lowest BCUT2D eigenvalue weighted by molar-refractivity contribution is -0.155. The normalized spacial score (nSPS) is 12.6. The third kappa shape index (κ3) is 11.0. The Kier molecular flexibility index (Phi) is 10.9. The van der Waals surface area contributed by atoms with Gasteiger partial charge in [0.2, 0.25) is 5.91 Å². The molecule has 0 aliphatic heterocycles. The van der Waals surface area contributed by atoms with Crippen molar-refractivity contribution in [3.63, 3.8) is 0 Å².